The summed E-state index contributed by atoms with van der Waals surface area (Å²) in [4.78, 5) is 18.0. The highest BCUT2D eigenvalue weighted by Crippen LogP contribution is 2.36. The fourth-order valence-corrected chi connectivity index (χ4v) is 5.91. The molecule has 10 nitrogen and oxygen atoms in total. The van der Waals surface area contributed by atoms with Crippen molar-refractivity contribution in [1.29, 1.82) is 0 Å². The predicted molar refractivity (Wildman–Crippen MR) is 155 cm³/mol. The minimum atomic E-state index is -3.12. The molecule has 1 aliphatic heterocycles. The van der Waals surface area contributed by atoms with Crippen LogP contribution >= 0.6 is 23.2 Å². The van der Waals surface area contributed by atoms with Crippen molar-refractivity contribution in [2.75, 3.05) is 31.7 Å². The van der Waals surface area contributed by atoms with E-state index in [1.54, 1.807) is 64.2 Å². The molecule has 1 fully saturated rings. The van der Waals surface area contributed by atoms with E-state index in [0.29, 0.717) is 43.0 Å². The third kappa shape index (κ3) is 6.47. The molecule has 2 aromatic heterocycles. The van der Waals surface area contributed by atoms with Crippen molar-refractivity contribution in [3.63, 3.8) is 0 Å². The van der Waals surface area contributed by atoms with Crippen LogP contribution in [0.25, 0.3) is 17.1 Å². The van der Waals surface area contributed by atoms with Gasteiger partial charge in [-0.05, 0) is 48.5 Å². The van der Waals surface area contributed by atoms with E-state index in [0.717, 1.165) is 0 Å². The van der Waals surface area contributed by atoms with E-state index in [4.69, 9.17) is 27.9 Å². The Bertz CT molecular complexity index is 1780. The number of imidazole rings is 1. The van der Waals surface area contributed by atoms with Gasteiger partial charge in [0, 0.05) is 35.3 Å². The van der Waals surface area contributed by atoms with Crippen LogP contribution in [-0.2, 0) is 9.84 Å². The molecule has 0 unspecified atom stereocenters. The third-order valence-corrected chi connectivity index (χ3v) is 8.43. The van der Waals surface area contributed by atoms with Gasteiger partial charge in [0.15, 0.2) is 27.9 Å². The van der Waals surface area contributed by atoms with Crippen LogP contribution in [0.5, 0.6) is 5.88 Å². The number of benzene rings is 2. The molecule has 1 amide bonds. The topological polar surface area (TPSA) is 120 Å². The maximum absolute atomic E-state index is 13.4. The monoisotopic (exact) mass is 611 g/mol. The van der Waals surface area contributed by atoms with E-state index in [1.165, 1.54) is 19.5 Å². The van der Waals surface area contributed by atoms with E-state index >= 15 is 0 Å². The average Bonchev–Trinajstić information content (AvgIpc) is 3.33. The van der Waals surface area contributed by atoms with Gasteiger partial charge in [0.2, 0.25) is 5.88 Å². The first-order chi connectivity index (χ1) is 19.6. The SMILES string of the molecule is COc1c(C(=O)NN2CCS(=O)(=O)CC2)nc(-c2ccc(Cl)cc2Cl)n1-c1ccc(C#Cc2ccc[n+]([O-])c2)cc1. The molecule has 0 spiro atoms. The van der Waals surface area contributed by atoms with Crippen LogP contribution in [0.1, 0.15) is 21.6 Å². The maximum Gasteiger partial charge on any atom is 0.289 e. The fraction of sp³-hybridized carbons (Fsp3) is 0.179. The summed E-state index contributed by atoms with van der Waals surface area (Å²) in [5, 5.41) is 13.8. The number of methoxy groups -OCH3 is 1. The van der Waals surface area contributed by atoms with Gasteiger partial charge in [-0.15, -0.1) is 0 Å². The standard InChI is InChI=1S/C28H23Cl2N5O5S/c1-40-28-25(27(36)32-33-13-15-41(38,39)16-14-33)31-26(23-11-8-21(29)17-24(23)30)35(28)22-9-6-19(7-10-22)4-5-20-3-2-12-34(37)18-20/h2-3,6-12,17-18H,13-16H2,1H3,(H,32,36). The summed E-state index contributed by atoms with van der Waals surface area (Å²) < 4.78 is 31.6. The van der Waals surface area contributed by atoms with Crippen molar-refractivity contribution < 1.29 is 22.7 Å². The summed E-state index contributed by atoms with van der Waals surface area (Å²) >= 11 is 12.7. The van der Waals surface area contributed by atoms with E-state index in [9.17, 15) is 18.4 Å². The molecule has 1 saturated heterocycles. The van der Waals surface area contributed by atoms with Crippen molar-refractivity contribution in [2.45, 2.75) is 0 Å². The van der Waals surface area contributed by atoms with Crippen molar-refractivity contribution in [1.82, 2.24) is 20.0 Å². The number of nitrogens with one attached hydrogen (secondary N) is 1. The van der Waals surface area contributed by atoms with E-state index < -0.39 is 15.7 Å². The maximum atomic E-state index is 13.4. The van der Waals surface area contributed by atoms with Crippen molar-refractivity contribution >= 4 is 38.9 Å². The largest absolute Gasteiger partial charge is 0.619 e. The zero-order valence-corrected chi connectivity index (χ0v) is 24.0. The van der Waals surface area contributed by atoms with E-state index in [2.05, 4.69) is 22.3 Å². The van der Waals surface area contributed by atoms with Gasteiger partial charge in [-0.3, -0.25) is 14.8 Å². The lowest BCUT2D eigenvalue weighted by atomic mass is 10.1. The van der Waals surface area contributed by atoms with Gasteiger partial charge >= 0.3 is 0 Å². The number of sulfone groups is 1. The molecule has 0 radical (unpaired) electrons. The second-order valence-corrected chi connectivity index (χ2v) is 12.2. The highest BCUT2D eigenvalue weighted by Gasteiger charge is 2.29. The molecule has 0 aliphatic carbocycles. The smallest absolute Gasteiger partial charge is 0.289 e. The number of halogens is 2. The molecule has 5 rings (SSSR count). The zero-order chi connectivity index (χ0) is 29.1. The number of hydrazine groups is 1. The lowest BCUT2D eigenvalue weighted by molar-refractivity contribution is -0.605. The minimum absolute atomic E-state index is 0.0131. The molecule has 4 aromatic rings. The van der Waals surface area contributed by atoms with Gasteiger partial charge in [0.1, 0.15) is 5.82 Å². The van der Waals surface area contributed by atoms with Crippen LogP contribution < -0.4 is 14.9 Å². The molecule has 1 N–H and O–H groups in total. The molecule has 0 atom stereocenters. The minimum Gasteiger partial charge on any atom is -0.619 e. The number of nitrogens with zero attached hydrogens (tertiary/aromatic N) is 4. The first-order valence-electron chi connectivity index (χ1n) is 12.3. The van der Waals surface area contributed by atoms with Crippen molar-refractivity contribution in [3.8, 4) is 34.8 Å². The zero-order valence-electron chi connectivity index (χ0n) is 21.7. The van der Waals surface area contributed by atoms with Gasteiger partial charge < -0.3 is 9.94 Å². The summed E-state index contributed by atoms with van der Waals surface area (Å²) in [5.74, 6) is 5.79. The van der Waals surface area contributed by atoms with Crippen molar-refractivity contribution in [2.24, 2.45) is 0 Å². The summed E-state index contributed by atoms with van der Waals surface area (Å²) in [6.45, 7) is 0.320. The van der Waals surface area contributed by atoms with Crippen LogP contribution in [0.15, 0.2) is 67.0 Å². The summed E-state index contributed by atoms with van der Waals surface area (Å²) in [5.41, 5.74) is 5.11. The number of ether oxygens (including phenoxy) is 1. The Hall–Kier alpha value is -4.08. The third-order valence-electron chi connectivity index (χ3n) is 6.27. The number of aromatic nitrogens is 3. The van der Waals surface area contributed by atoms with Gasteiger partial charge in [-0.25, -0.2) is 18.4 Å². The molecular weight excluding hydrogens is 589 g/mol. The lowest BCUT2D eigenvalue weighted by Gasteiger charge is -2.26. The molecule has 0 saturated carbocycles. The number of pyridine rings is 1. The highest BCUT2D eigenvalue weighted by molar-refractivity contribution is 7.91. The molecule has 0 bridgehead atoms. The van der Waals surface area contributed by atoms with Crippen LogP contribution in [0.4, 0.5) is 0 Å². The Kier molecular flexibility index (Phi) is 8.19. The van der Waals surface area contributed by atoms with Gasteiger partial charge in [-0.1, -0.05) is 35.0 Å². The molecular formula is C28H23Cl2N5O5S. The first-order valence-corrected chi connectivity index (χ1v) is 14.9. The highest BCUT2D eigenvalue weighted by atomic mass is 35.5. The Balaban J connectivity index is 1.53. The lowest BCUT2D eigenvalue weighted by Crippen LogP contribution is -2.50. The quantitative estimate of drug-likeness (QED) is 0.209. The number of hydrogen-bond donors (Lipinski definition) is 1. The molecule has 2 aromatic carbocycles. The second kappa shape index (κ2) is 11.8. The summed E-state index contributed by atoms with van der Waals surface area (Å²) in [6, 6.07) is 15.5. The van der Waals surface area contributed by atoms with Crippen LogP contribution in [0.2, 0.25) is 10.0 Å². The normalized spacial score (nSPS) is 14.6. The Morgan fingerprint density at radius 1 is 1.07 bits per heavy atom. The van der Waals surface area contributed by atoms with Crippen LogP contribution in [0, 0.1) is 17.0 Å². The summed E-state index contributed by atoms with van der Waals surface area (Å²) in [6.07, 6.45) is 2.77. The number of hydrogen-bond acceptors (Lipinski definition) is 7. The Morgan fingerprint density at radius 2 is 1.78 bits per heavy atom. The number of rotatable bonds is 5. The van der Waals surface area contributed by atoms with Crippen molar-refractivity contribution in [3.05, 3.63) is 99.1 Å². The molecule has 13 heteroatoms. The van der Waals surface area contributed by atoms with Crippen LogP contribution in [0.3, 0.4) is 0 Å². The molecule has 3 heterocycles. The molecule has 41 heavy (non-hydrogen) atoms. The van der Waals surface area contributed by atoms with E-state index in [-0.39, 0.29) is 36.2 Å². The average molecular weight is 612 g/mol. The summed E-state index contributed by atoms with van der Waals surface area (Å²) in [7, 11) is -1.70. The number of carbonyl (C=O) groups is 1. The Labute approximate surface area is 246 Å². The number of amides is 1. The molecule has 210 valence electrons. The second-order valence-electron chi connectivity index (χ2n) is 9.08. The van der Waals surface area contributed by atoms with E-state index in [1.807, 2.05) is 0 Å². The fourth-order valence-electron chi connectivity index (χ4n) is 4.22. The van der Waals surface area contributed by atoms with Gasteiger partial charge in [0.05, 0.1) is 34.9 Å². The first kappa shape index (κ1) is 28.4. The molecule has 1 aliphatic rings. The van der Waals surface area contributed by atoms with Gasteiger partial charge in [0.25, 0.3) is 5.91 Å². The van der Waals surface area contributed by atoms with Crippen LogP contribution in [-0.4, -0.2) is 60.6 Å². The van der Waals surface area contributed by atoms with Gasteiger partial charge in [-0.2, -0.15) is 4.73 Å². The Morgan fingerprint density at radius 3 is 2.44 bits per heavy atom. The predicted octanol–water partition coefficient (Wildman–Crippen LogP) is 3.26. The number of carbonyl (C=O) groups excluding carboxylic acids is 1.